The average molecular weight is 252 g/mol. The van der Waals surface area contributed by atoms with Crippen molar-refractivity contribution in [1.29, 1.82) is 0 Å². The Balaban J connectivity index is 2.07. The second-order valence-corrected chi connectivity index (χ2v) is 5.69. The molecule has 1 aromatic heterocycles. The van der Waals surface area contributed by atoms with Crippen LogP contribution in [-0.2, 0) is 4.79 Å². The van der Waals surface area contributed by atoms with E-state index in [0.717, 1.165) is 29.1 Å². The van der Waals surface area contributed by atoms with Gasteiger partial charge >= 0.3 is 0 Å². The minimum atomic E-state index is -0.301. The fourth-order valence-corrected chi connectivity index (χ4v) is 2.93. The number of carbonyl (C=O) groups is 2. The van der Waals surface area contributed by atoms with E-state index < -0.39 is 0 Å². The number of primary amides is 1. The van der Waals surface area contributed by atoms with Gasteiger partial charge < -0.3 is 10.6 Å². The van der Waals surface area contributed by atoms with Crippen molar-refractivity contribution >= 4 is 23.2 Å². The van der Waals surface area contributed by atoms with E-state index in [1.165, 1.54) is 11.3 Å². The summed E-state index contributed by atoms with van der Waals surface area (Å²) in [5.41, 5.74) is 5.30. The third-order valence-corrected chi connectivity index (χ3v) is 4.05. The molecule has 2 N–H and O–H groups in total. The lowest BCUT2D eigenvalue weighted by molar-refractivity contribution is -0.123. The van der Waals surface area contributed by atoms with Gasteiger partial charge in [0, 0.05) is 18.0 Å². The molecule has 1 aliphatic rings. The van der Waals surface area contributed by atoms with Gasteiger partial charge in [0.25, 0.3) is 5.91 Å². The first kappa shape index (κ1) is 12.1. The molecule has 4 nitrogen and oxygen atoms in total. The molecule has 17 heavy (non-hydrogen) atoms. The normalized spacial score (nSPS) is 20.3. The topological polar surface area (TPSA) is 63.4 Å². The first-order chi connectivity index (χ1) is 8.08. The number of carbonyl (C=O) groups excluding carboxylic acids is 2. The number of likely N-dealkylation sites (tertiary alicyclic amines) is 1. The summed E-state index contributed by atoms with van der Waals surface area (Å²) < 4.78 is 0. The molecule has 2 rings (SSSR count). The van der Waals surface area contributed by atoms with Gasteiger partial charge in [-0.25, -0.2) is 0 Å². The molecule has 1 aromatic rings. The molecule has 5 heteroatoms. The van der Waals surface area contributed by atoms with Gasteiger partial charge in [0.05, 0.1) is 10.8 Å². The molecule has 1 saturated heterocycles. The molecule has 0 saturated carbocycles. The molecule has 0 spiro atoms. The van der Waals surface area contributed by atoms with Crippen LogP contribution in [0.25, 0.3) is 0 Å². The van der Waals surface area contributed by atoms with Gasteiger partial charge in [-0.2, -0.15) is 0 Å². The maximum atomic E-state index is 12.2. The summed E-state index contributed by atoms with van der Waals surface area (Å²) in [5.74, 6) is -0.465. The number of amides is 2. The van der Waals surface area contributed by atoms with E-state index in [9.17, 15) is 9.59 Å². The molecule has 0 bridgehead atoms. The summed E-state index contributed by atoms with van der Waals surface area (Å²) in [4.78, 5) is 26.9. The fraction of sp³-hybridized carbons (Fsp3) is 0.500. The number of piperidine rings is 1. The number of hydrogen-bond acceptors (Lipinski definition) is 3. The van der Waals surface area contributed by atoms with Gasteiger partial charge in [0.15, 0.2) is 0 Å². The Morgan fingerprint density at radius 3 is 2.82 bits per heavy atom. The van der Waals surface area contributed by atoms with Crippen molar-refractivity contribution in [3.8, 4) is 0 Å². The van der Waals surface area contributed by atoms with Crippen LogP contribution in [0.15, 0.2) is 12.1 Å². The van der Waals surface area contributed by atoms with Gasteiger partial charge in [0.1, 0.15) is 0 Å². The lowest BCUT2D eigenvalue weighted by atomic mass is 9.97. The smallest absolute Gasteiger partial charge is 0.263 e. The summed E-state index contributed by atoms with van der Waals surface area (Å²) in [6, 6.07) is 3.78. The van der Waals surface area contributed by atoms with Crippen molar-refractivity contribution in [2.75, 3.05) is 13.1 Å². The highest BCUT2D eigenvalue weighted by Gasteiger charge is 2.27. The molecule has 0 radical (unpaired) electrons. The van der Waals surface area contributed by atoms with Crippen LogP contribution in [0, 0.1) is 12.8 Å². The van der Waals surface area contributed by atoms with Crippen LogP contribution in [0.1, 0.15) is 27.4 Å². The standard InChI is InChI=1S/C12H16N2O2S/c1-8-4-5-10(17-8)12(16)14-6-2-3-9(7-14)11(13)15/h4-5,9H,2-3,6-7H2,1H3,(H2,13,15). The van der Waals surface area contributed by atoms with E-state index in [0.29, 0.717) is 6.54 Å². The zero-order valence-corrected chi connectivity index (χ0v) is 10.6. The van der Waals surface area contributed by atoms with Crippen molar-refractivity contribution in [2.24, 2.45) is 11.7 Å². The molecule has 1 aliphatic heterocycles. The molecule has 1 unspecified atom stereocenters. The van der Waals surface area contributed by atoms with E-state index >= 15 is 0 Å². The van der Waals surface area contributed by atoms with E-state index in [1.807, 2.05) is 19.1 Å². The maximum absolute atomic E-state index is 12.2. The van der Waals surface area contributed by atoms with Crippen molar-refractivity contribution in [2.45, 2.75) is 19.8 Å². The number of rotatable bonds is 2. The SMILES string of the molecule is Cc1ccc(C(=O)N2CCCC(C(N)=O)C2)s1. The molecule has 0 aliphatic carbocycles. The Hall–Kier alpha value is -1.36. The van der Waals surface area contributed by atoms with Gasteiger partial charge in [0.2, 0.25) is 5.91 Å². The largest absolute Gasteiger partial charge is 0.369 e. The second kappa shape index (κ2) is 4.87. The molecule has 1 atom stereocenters. The predicted molar refractivity (Wildman–Crippen MR) is 66.9 cm³/mol. The first-order valence-electron chi connectivity index (χ1n) is 5.73. The van der Waals surface area contributed by atoms with E-state index in [4.69, 9.17) is 5.73 Å². The minimum absolute atomic E-state index is 0.0223. The number of nitrogens with two attached hydrogens (primary N) is 1. The van der Waals surface area contributed by atoms with Crippen LogP contribution in [0.5, 0.6) is 0 Å². The van der Waals surface area contributed by atoms with E-state index in [-0.39, 0.29) is 17.7 Å². The third kappa shape index (κ3) is 2.66. The molecule has 92 valence electrons. The Morgan fingerprint density at radius 1 is 1.47 bits per heavy atom. The Kier molecular flexibility index (Phi) is 3.47. The van der Waals surface area contributed by atoms with Crippen molar-refractivity contribution in [3.63, 3.8) is 0 Å². The highest BCUT2D eigenvalue weighted by Crippen LogP contribution is 2.22. The number of aryl methyl sites for hydroxylation is 1. The number of nitrogens with zero attached hydrogens (tertiary/aromatic N) is 1. The Bertz CT molecular complexity index is 441. The molecule has 2 amide bonds. The van der Waals surface area contributed by atoms with Crippen LogP contribution in [0.4, 0.5) is 0 Å². The van der Waals surface area contributed by atoms with Gasteiger partial charge in [-0.1, -0.05) is 0 Å². The summed E-state index contributed by atoms with van der Waals surface area (Å²) >= 11 is 1.49. The van der Waals surface area contributed by atoms with Gasteiger partial charge in [-0.15, -0.1) is 11.3 Å². The summed E-state index contributed by atoms with van der Waals surface area (Å²) in [6.45, 7) is 3.16. The highest BCUT2D eigenvalue weighted by atomic mass is 32.1. The first-order valence-corrected chi connectivity index (χ1v) is 6.54. The zero-order valence-electron chi connectivity index (χ0n) is 9.81. The molecule has 1 fully saturated rings. The van der Waals surface area contributed by atoms with Crippen molar-refractivity contribution in [1.82, 2.24) is 4.90 Å². The second-order valence-electron chi connectivity index (χ2n) is 4.40. The molecule has 0 aromatic carbocycles. The van der Waals surface area contributed by atoms with E-state index in [1.54, 1.807) is 4.90 Å². The highest BCUT2D eigenvalue weighted by molar-refractivity contribution is 7.13. The van der Waals surface area contributed by atoms with Crippen LogP contribution in [0.2, 0.25) is 0 Å². The van der Waals surface area contributed by atoms with Crippen LogP contribution >= 0.6 is 11.3 Å². The van der Waals surface area contributed by atoms with Crippen molar-refractivity contribution < 1.29 is 9.59 Å². The van der Waals surface area contributed by atoms with Gasteiger partial charge in [-0.3, -0.25) is 9.59 Å². The van der Waals surface area contributed by atoms with Crippen LogP contribution < -0.4 is 5.73 Å². The summed E-state index contributed by atoms with van der Waals surface area (Å²) in [7, 11) is 0. The lowest BCUT2D eigenvalue weighted by Crippen LogP contribution is -2.43. The lowest BCUT2D eigenvalue weighted by Gasteiger charge is -2.30. The Morgan fingerprint density at radius 2 is 2.24 bits per heavy atom. The molecule has 2 heterocycles. The van der Waals surface area contributed by atoms with E-state index in [2.05, 4.69) is 0 Å². The van der Waals surface area contributed by atoms with Gasteiger partial charge in [-0.05, 0) is 31.9 Å². The van der Waals surface area contributed by atoms with Crippen molar-refractivity contribution in [3.05, 3.63) is 21.9 Å². The average Bonchev–Trinajstić information content (AvgIpc) is 2.75. The van der Waals surface area contributed by atoms with Crippen LogP contribution in [-0.4, -0.2) is 29.8 Å². The van der Waals surface area contributed by atoms with Crippen LogP contribution in [0.3, 0.4) is 0 Å². The monoisotopic (exact) mass is 252 g/mol. The third-order valence-electron chi connectivity index (χ3n) is 3.06. The zero-order chi connectivity index (χ0) is 12.4. The number of thiophene rings is 1. The number of hydrogen-bond donors (Lipinski definition) is 1. The minimum Gasteiger partial charge on any atom is -0.369 e. The molecular formula is C12H16N2O2S. The predicted octanol–water partition coefficient (Wildman–Crippen LogP) is 1.39. The summed E-state index contributed by atoms with van der Waals surface area (Å²) in [5, 5.41) is 0. The Labute approximate surface area is 104 Å². The maximum Gasteiger partial charge on any atom is 0.263 e. The fourth-order valence-electron chi connectivity index (χ4n) is 2.10. The summed E-state index contributed by atoms with van der Waals surface area (Å²) in [6.07, 6.45) is 1.65. The quantitative estimate of drug-likeness (QED) is 0.864. The molecular weight excluding hydrogens is 236 g/mol.